The third-order valence-electron chi connectivity index (χ3n) is 5.11. The van der Waals surface area contributed by atoms with Crippen molar-refractivity contribution in [3.63, 3.8) is 0 Å². The standard InChI is InChI=1S/C17H27N3O/c1-2-20-12-13(9-10-17(20)21)19-16-7-4-3-6-14(16)15-8-5-11-18-15/h9-10,12,14-16,18-19H,2-8,11H2,1H3. The summed E-state index contributed by atoms with van der Waals surface area (Å²) in [6, 6.07) is 4.83. The van der Waals surface area contributed by atoms with Crippen LogP contribution in [-0.4, -0.2) is 23.2 Å². The van der Waals surface area contributed by atoms with E-state index in [1.165, 1.54) is 45.1 Å². The molecule has 0 radical (unpaired) electrons. The maximum atomic E-state index is 11.7. The second-order valence-electron chi connectivity index (χ2n) is 6.44. The van der Waals surface area contributed by atoms with Gasteiger partial charge in [0.15, 0.2) is 0 Å². The van der Waals surface area contributed by atoms with Crippen LogP contribution < -0.4 is 16.2 Å². The topological polar surface area (TPSA) is 46.1 Å². The van der Waals surface area contributed by atoms with Crippen LogP contribution in [0.25, 0.3) is 0 Å². The lowest BCUT2D eigenvalue weighted by molar-refractivity contribution is 0.262. The van der Waals surface area contributed by atoms with Gasteiger partial charge in [-0.1, -0.05) is 12.8 Å². The van der Waals surface area contributed by atoms with Gasteiger partial charge in [-0.25, -0.2) is 0 Å². The molecule has 116 valence electrons. The van der Waals surface area contributed by atoms with Gasteiger partial charge in [-0.3, -0.25) is 4.79 Å². The van der Waals surface area contributed by atoms with Gasteiger partial charge in [0.2, 0.25) is 0 Å². The number of aryl methyl sites for hydroxylation is 1. The summed E-state index contributed by atoms with van der Waals surface area (Å²) in [5.41, 5.74) is 1.17. The molecule has 1 aromatic heterocycles. The molecule has 1 saturated heterocycles. The van der Waals surface area contributed by atoms with Gasteiger partial charge >= 0.3 is 0 Å². The second-order valence-corrected chi connectivity index (χ2v) is 6.44. The molecule has 0 amide bonds. The van der Waals surface area contributed by atoms with Gasteiger partial charge in [0.05, 0.1) is 5.69 Å². The summed E-state index contributed by atoms with van der Waals surface area (Å²) < 4.78 is 1.77. The summed E-state index contributed by atoms with van der Waals surface area (Å²) in [5, 5.41) is 7.39. The number of rotatable bonds is 4. The van der Waals surface area contributed by atoms with Crippen LogP contribution in [0, 0.1) is 5.92 Å². The van der Waals surface area contributed by atoms with Gasteiger partial charge in [-0.05, 0) is 51.1 Å². The summed E-state index contributed by atoms with van der Waals surface area (Å²) in [4.78, 5) is 11.7. The molecule has 4 heteroatoms. The Morgan fingerprint density at radius 1 is 1.24 bits per heavy atom. The lowest BCUT2D eigenvalue weighted by Gasteiger charge is -2.36. The summed E-state index contributed by atoms with van der Waals surface area (Å²) in [6.45, 7) is 3.91. The van der Waals surface area contributed by atoms with E-state index in [0.29, 0.717) is 12.1 Å². The van der Waals surface area contributed by atoms with Crippen LogP contribution >= 0.6 is 0 Å². The van der Waals surface area contributed by atoms with E-state index in [1.54, 1.807) is 10.6 Å². The zero-order valence-corrected chi connectivity index (χ0v) is 13.0. The molecule has 2 N–H and O–H groups in total. The molecule has 2 aliphatic rings. The number of hydrogen-bond acceptors (Lipinski definition) is 3. The van der Waals surface area contributed by atoms with Crippen LogP contribution in [-0.2, 0) is 6.54 Å². The van der Waals surface area contributed by atoms with E-state index in [0.717, 1.165) is 18.2 Å². The fourth-order valence-corrected chi connectivity index (χ4v) is 3.98. The van der Waals surface area contributed by atoms with E-state index in [1.807, 2.05) is 19.2 Å². The molecule has 3 rings (SSSR count). The molecule has 21 heavy (non-hydrogen) atoms. The summed E-state index contributed by atoms with van der Waals surface area (Å²) >= 11 is 0. The van der Waals surface area contributed by atoms with Crippen LogP contribution in [0.15, 0.2) is 23.1 Å². The van der Waals surface area contributed by atoms with Gasteiger partial charge in [0.25, 0.3) is 5.56 Å². The molecule has 3 unspecified atom stereocenters. The molecule has 1 aliphatic heterocycles. The minimum Gasteiger partial charge on any atom is -0.381 e. The first-order valence-corrected chi connectivity index (χ1v) is 8.48. The Balaban J connectivity index is 1.73. The van der Waals surface area contributed by atoms with E-state index in [2.05, 4.69) is 10.6 Å². The van der Waals surface area contributed by atoms with Crippen molar-refractivity contribution < 1.29 is 0 Å². The summed E-state index contributed by atoms with van der Waals surface area (Å²) in [7, 11) is 0. The molecule has 3 atom stereocenters. The highest BCUT2D eigenvalue weighted by Gasteiger charge is 2.33. The van der Waals surface area contributed by atoms with Gasteiger partial charge < -0.3 is 15.2 Å². The molecular weight excluding hydrogens is 262 g/mol. The molecule has 0 spiro atoms. The van der Waals surface area contributed by atoms with Crippen molar-refractivity contribution in [1.82, 2.24) is 9.88 Å². The Kier molecular flexibility index (Phi) is 4.63. The van der Waals surface area contributed by atoms with E-state index >= 15 is 0 Å². The molecular formula is C17H27N3O. The predicted molar refractivity (Wildman–Crippen MR) is 86.8 cm³/mol. The number of pyridine rings is 1. The monoisotopic (exact) mass is 289 g/mol. The van der Waals surface area contributed by atoms with Crippen LogP contribution in [0.4, 0.5) is 5.69 Å². The van der Waals surface area contributed by atoms with E-state index in [-0.39, 0.29) is 5.56 Å². The van der Waals surface area contributed by atoms with Gasteiger partial charge in [0, 0.05) is 30.9 Å². The Morgan fingerprint density at radius 3 is 2.86 bits per heavy atom. The Hall–Kier alpha value is -1.29. The highest BCUT2D eigenvalue weighted by Crippen LogP contribution is 2.32. The number of aromatic nitrogens is 1. The normalized spacial score (nSPS) is 29.5. The SMILES string of the molecule is CCn1cc(NC2CCCCC2C2CCCN2)ccc1=O. The van der Waals surface area contributed by atoms with Gasteiger partial charge in [-0.15, -0.1) is 0 Å². The molecule has 1 aromatic rings. The highest BCUT2D eigenvalue weighted by molar-refractivity contribution is 5.41. The molecule has 0 aromatic carbocycles. The first-order chi connectivity index (χ1) is 10.3. The zero-order valence-electron chi connectivity index (χ0n) is 13.0. The maximum Gasteiger partial charge on any atom is 0.250 e. The first kappa shape index (κ1) is 14.6. The number of nitrogens with one attached hydrogen (secondary N) is 2. The lowest BCUT2D eigenvalue weighted by atomic mass is 9.79. The summed E-state index contributed by atoms with van der Waals surface area (Å²) in [6.07, 6.45) is 9.84. The predicted octanol–water partition coefficient (Wildman–Crippen LogP) is 2.59. The smallest absolute Gasteiger partial charge is 0.250 e. The van der Waals surface area contributed by atoms with Crippen LogP contribution in [0.1, 0.15) is 45.4 Å². The van der Waals surface area contributed by atoms with E-state index < -0.39 is 0 Å². The van der Waals surface area contributed by atoms with Crippen molar-refractivity contribution in [3.05, 3.63) is 28.7 Å². The first-order valence-electron chi connectivity index (χ1n) is 8.48. The molecule has 2 fully saturated rings. The fraction of sp³-hybridized carbons (Fsp3) is 0.706. The number of hydrogen-bond donors (Lipinski definition) is 2. The van der Waals surface area contributed by atoms with Crippen molar-refractivity contribution in [3.8, 4) is 0 Å². The van der Waals surface area contributed by atoms with Gasteiger partial charge in [0.1, 0.15) is 0 Å². The second kappa shape index (κ2) is 6.65. The Morgan fingerprint density at radius 2 is 2.10 bits per heavy atom. The molecule has 4 nitrogen and oxygen atoms in total. The van der Waals surface area contributed by atoms with Crippen LogP contribution in [0.5, 0.6) is 0 Å². The Labute approximate surface area is 126 Å². The van der Waals surface area contributed by atoms with Crippen molar-refractivity contribution in [2.45, 2.75) is 64.1 Å². The number of anilines is 1. The fourth-order valence-electron chi connectivity index (χ4n) is 3.98. The average Bonchev–Trinajstić information content (AvgIpc) is 3.04. The van der Waals surface area contributed by atoms with Crippen LogP contribution in [0.3, 0.4) is 0 Å². The van der Waals surface area contributed by atoms with Crippen molar-refractivity contribution in [2.75, 3.05) is 11.9 Å². The number of nitrogens with zero attached hydrogens (tertiary/aromatic N) is 1. The van der Waals surface area contributed by atoms with Crippen molar-refractivity contribution in [1.29, 1.82) is 0 Å². The molecule has 0 bridgehead atoms. The van der Waals surface area contributed by atoms with Gasteiger partial charge in [-0.2, -0.15) is 0 Å². The minimum absolute atomic E-state index is 0.0840. The Bertz CT molecular complexity index is 519. The highest BCUT2D eigenvalue weighted by atomic mass is 16.1. The van der Waals surface area contributed by atoms with E-state index in [4.69, 9.17) is 0 Å². The minimum atomic E-state index is 0.0840. The molecule has 2 heterocycles. The average molecular weight is 289 g/mol. The summed E-state index contributed by atoms with van der Waals surface area (Å²) in [5.74, 6) is 0.725. The maximum absolute atomic E-state index is 11.7. The van der Waals surface area contributed by atoms with Crippen molar-refractivity contribution >= 4 is 5.69 Å². The van der Waals surface area contributed by atoms with E-state index in [9.17, 15) is 4.79 Å². The lowest BCUT2D eigenvalue weighted by Crippen LogP contribution is -2.43. The van der Waals surface area contributed by atoms with Crippen LogP contribution in [0.2, 0.25) is 0 Å². The van der Waals surface area contributed by atoms with Crippen molar-refractivity contribution in [2.24, 2.45) is 5.92 Å². The molecule has 1 aliphatic carbocycles. The largest absolute Gasteiger partial charge is 0.381 e. The quantitative estimate of drug-likeness (QED) is 0.895. The third-order valence-corrected chi connectivity index (χ3v) is 5.11. The molecule has 1 saturated carbocycles. The zero-order chi connectivity index (χ0) is 14.7. The third kappa shape index (κ3) is 3.31.